The molecule has 5 heteroatoms. The van der Waals surface area contributed by atoms with Crippen molar-refractivity contribution in [2.45, 2.75) is 12.5 Å². The third-order valence-corrected chi connectivity index (χ3v) is 2.69. The second-order valence-corrected chi connectivity index (χ2v) is 3.90. The topological polar surface area (TPSA) is 46.3 Å². The Morgan fingerprint density at radius 3 is 2.81 bits per heavy atom. The van der Waals surface area contributed by atoms with Gasteiger partial charge in [0.05, 0.1) is 5.56 Å². The summed E-state index contributed by atoms with van der Waals surface area (Å²) in [7, 11) is 0. The third kappa shape index (κ3) is 1.90. The Morgan fingerprint density at radius 1 is 1.44 bits per heavy atom. The Kier molecular flexibility index (Phi) is 2.87. The van der Waals surface area contributed by atoms with Gasteiger partial charge in [-0.3, -0.25) is 4.79 Å². The first-order valence-corrected chi connectivity index (χ1v) is 5.08. The average Bonchev–Trinajstić information content (AvgIpc) is 2.68. The van der Waals surface area contributed by atoms with Crippen LogP contribution in [-0.2, 0) is 0 Å². The fraction of sp³-hybridized carbons (Fsp3) is 0.364. The molecule has 1 aliphatic rings. The van der Waals surface area contributed by atoms with E-state index in [4.69, 9.17) is 5.73 Å². The molecule has 1 heterocycles. The number of hydrogen-bond donors (Lipinski definition) is 1. The molecule has 1 aliphatic heterocycles. The summed E-state index contributed by atoms with van der Waals surface area (Å²) in [6, 6.07) is 3.52. The van der Waals surface area contributed by atoms with Crippen molar-refractivity contribution in [2.75, 3.05) is 13.1 Å². The molecular weight excluding hydrogens is 214 g/mol. The molecule has 2 rings (SSSR count). The normalized spacial score (nSPS) is 20.2. The minimum absolute atomic E-state index is 0.0689. The molecule has 0 spiro atoms. The van der Waals surface area contributed by atoms with Crippen LogP contribution >= 0.6 is 0 Å². The molecule has 1 saturated heterocycles. The van der Waals surface area contributed by atoms with Gasteiger partial charge in [0.25, 0.3) is 5.91 Å². The molecule has 2 N–H and O–H groups in total. The highest BCUT2D eigenvalue weighted by Crippen LogP contribution is 2.16. The van der Waals surface area contributed by atoms with E-state index in [9.17, 15) is 13.6 Å². The van der Waals surface area contributed by atoms with Crippen molar-refractivity contribution in [1.82, 2.24) is 4.90 Å². The van der Waals surface area contributed by atoms with Gasteiger partial charge in [-0.05, 0) is 18.6 Å². The summed E-state index contributed by atoms with van der Waals surface area (Å²) in [5, 5.41) is 0. The Hall–Kier alpha value is -1.49. The Morgan fingerprint density at radius 2 is 2.19 bits per heavy atom. The third-order valence-electron chi connectivity index (χ3n) is 2.69. The smallest absolute Gasteiger partial charge is 0.256 e. The fourth-order valence-electron chi connectivity index (χ4n) is 1.81. The van der Waals surface area contributed by atoms with E-state index in [0.29, 0.717) is 19.5 Å². The van der Waals surface area contributed by atoms with Crippen LogP contribution in [-0.4, -0.2) is 29.9 Å². The number of likely N-dealkylation sites (tertiary alicyclic amines) is 1. The number of nitrogens with zero attached hydrogens (tertiary/aromatic N) is 1. The van der Waals surface area contributed by atoms with E-state index in [-0.39, 0.29) is 11.6 Å². The Bertz CT molecular complexity index is 422. The van der Waals surface area contributed by atoms with Crippen molar-refractivity contribution < 1.29 is 13.6 Å². The summed E-state index contributed by atoms with van der Waals surface area (Å²) in [6.07, 6.45) is 0.697. The Labute approximate surface area is 91.8 Å². The van der Waals surface area contributed by atoms with Gasteiger partial charge in [-0.1, -0.05) is 6.07 Å². The summed E-state index contributed by atoms with van der Waals surface area (Å²) in [6.45, 7) is 0.894. The van der Waals surface area contributed by atoms with Crippen LogP contribution in [0.2, 0.25) is 0 Å². The first kappa shape index (κ1) is 11.0. The number of amides is 1. The van der Waals surface area contributed by atoms with Gasteiger partial charge < -0.3 is 10.6 Å². The van der Waals surface area contributed by atoms with E-state index in [0.717, 1.165) is 6.07 Å². The zero-order valence-electron chi connectivity index (χ0n) is 8.62. The summed E-state index contributed by atoms with van der Waals surface area (Å²) in [5.41, 5.74) is 5.42. The molecular formula is C11H12F2N2O. The number of nitrogens with two attached hydrogens (primary N) is 1. The monoisotopic (exact) mass is 226 g/mol. The molecule has 1 aromatic rings. The van der Waals surface area contributed by atoms with Crippen molar-refractivity contribution in [3.63, 3.8) is 0 Å². The number of benzene rings is 1. The molecule has 0 bridgehead atoms. The van der Waals surface area contributed by atoms with Crippen molar-refractivity contribution in [3.8, 4) is 0 Å². The second-order valence-electron chi connectivity index (χ2n) is 3.90. The van der Waals surface area contributed by atoms with Crippen LogP contribution in [0, 0.1) is 11.6 Å². The lowest BCUT2D eigenvalue weighted by Gasteiger charge is -2.16. The fourth-order valence-corrected chi connectivity index (χ4v) is 1.81. The lowest BCUT2D eigenvalue weighted by atomic mass is 10.2. The highest BCUT2D eigenvalue weighted by molar-refractivity contribution is 5.94. The molecule has 86 valence electrons. The van der Waals surface area contributed by atoms with Crippen LogP contribution in [0.4, 0.5) is 8.78 Å². The van der Waals surface area contributed by atoms with Gasteiger partial charge in [0, 0.05) is 19.1 Å². The maximum atomic E-state index is 13.3. The summed E-state index contributed by atoms with van der Waals surface area (Å²) in [4.78, 5) is 13.3. The summed E-state index contributed by atoms with van der Waals surface area (Å²) >= 11 is 0. The van der Waals surface area contributed by atoms with E-state index < -0.39 is 17.5 Å². The zero-order valence-corrected chi connectivity index (χ0v) is 8.62. The van der Waals surface area contributed by atoms with E-state index >= 15 is 0 Å². The van der Waals surface area contributed by atoms with Crippen LogP contribution in [0.1, 0.15) is 16.8 Å². The average molecular weight is 226 g/mol. The minimum Gasteiger partial charge on any atom is -0.337 e. The van der Waals surface area contributed by atoms with Crippen molar-refractivity contribution in [1.29, 1.82) is 0 Å². The molecule has 0 aliphatic carbocycles. The largest absolute Gasteiger partial charge is 0.337 e. The van der Waals surface area contributed by atoms with Crippen molar-refractivity contribution in [2.24, 2.45) is 5.73 Å². The van der Waals surface area contributed by atoms with E-state index in [2.05, 4.69) is 0 Å². The van der Waals surface area contributed by atoms with Crippen LogP contribution in [0.15, 0.2) is 18.2 Å². The quantitative estimate of drug-likeness (QED) is 0.780. The van der Waals surface area contributed by atoms with Gasteiger partial charge >= 0.3 is 0 Å². The first-order chi connectivity index (χ1) is 7.59. The maximum Gasteiger partial charge on any atom is 0.256 e. The predicted octanol–water partition coefficient (Wildman–Crippen LogP) is 1.14. The number of carbonyl (C=O) groups excluding carboxylic acids is 1. The Balaban J connectivity index is 2.24. The molecule has 1 fully saturated rings. The molecule has 0 aromatic heterocycles. The van der Waals surface area contributed by atoms with Crippen molar-refractivity contribution >= 4 is 5.91 Å². The molecule has 1 atom stereocenters. The zero-order chi connectivity index (χ0) is 11.7. The van der Waals surface area contributed by atoms with Gasteiger partial charge in [-0.15, -0.1) is 0 Å². The van der Waals surface area contributed by atoms with E-state index in [1.165, 1.54) is 17.0 Å². The second kappa shape index (κ2) is 4.17. The molecule has 0 unspecified atom stereocenters. The van der Waals surface area contributed by atoms with Crippen LogP contribution < -0.4 is 5.73 Å². The van der Waals surface area contributed by atoms with Gasteiger partial charge in [0.15, 0.2) is 11.6 Å². The van der Waals surface area contributed by atoms with Crippen LogP contribution in [0.5, 0.6) is 0 Å². The molecule has 0 saturated carbocycles. The number of rotatable bonds is 1. The van der Waals surface area contributed by atoms with Crippen LogP contribution in [0.25, 0.3) is 0 Å². The van der Waals surface area contributed by atoms with Gasteiger partial charge in [-0.25, -0.2) is 8.78 Å². The highest BCUT2D eigenvalue weighted by atomic mass is 19.2. The lowest BCUT2D eigenvalue weighted by Crippen LogP contribution is -2.32. The van der Waals surface area contributed by atoms with Gasteiger partial charge in [-0.2, -0.15) is 0 Å². The standard InChI is InChI=1S/C11H12F2N2O/c12-9-3-1-2-8(10(9)13)11(16)15-5-4-7(14)6-15/h1-3,7H,4-6,14H2/t7-/m1/s1. The number of halogens is 2. The predicted molar refractivity (Wildman–Crippen MR) is 54.9 cm³/mol. The lowest BCUT2D eigenvalue weighted by molar-refractivity contribution is 0.0785. The van der Waals surface area contributed by atoms with E-state index in [1.54, 1.807) is 0 Å². The van der Waals surface area contributed by atoms with Gasteiger partial charge in [0.2, 0.25) is 0 Å². The molecule has 1 aromatic carbocycles. The molecule has 1 amide bonds. The molecule has 0 radical (unpaired) electrons. The first-order valence-electron chi connectivity index (χ1n) is 5.08. The summed E-state index contributed by atoms with van der Waals surface area (Å²) < 4.78 is 26.3. The SMILES string of the molecule is N[C@@H]1CCN(C(=O)c2cccc(F)c2F)C1. The number of hydrogen-bond acceptors (Lipinski definition) is 2. The van der Waals surface area contributed by atoms with Gasteiger partial charge in [0.1, 0.15) is 0 Å². The molecule has 3 nitrogen and oxygen atoms in total. The van der Waals surface area contributed by atoms with Crippen molar-refractivity contribution in [3.05, 3.63) is 35.4 Å². The van der Waals surface area contributed by atoms with Crippen LogP contribution in [0.3, 0.4) is 0 Å². The summed E-state index contributed by atoms with van der Waals surface area (Å²) in [5.74, 6) is -2.59. The minimum atomic E-state index is -1.09. The van der Waals surface area contributed by atoms with E-state index in [1.807, 2.05) is 0 Å². The number of carbonyl (C=O) groups is 1. The maximum absolute atomic E-state index is 13.3. The highest BCUT2D eigenvalue weighted by Gasteiger charge is 2.26. The molecule has 16 heavy (non-hydrogen) atoms.